The van der Waals surface area contributed by atoms with Crippen molar-refractivity contribution in [3.63, 3.8) is 0 Å². The Morgan fingerprint density at radius 3 is 2.50 bits per heavy atom. The first kappa shape index (κ1) is 21.9. The van der Waals surface area contributed by atoms with Crippen LogP contribution in [0.4, 0.5) is 5.69 Å². The normalized spacial score (nSPS) is 14.6. The summed E-state index contributed by atoms with van der Waals surface area (Å²) in [7, 11) is 5.36. The van der Waals surface area contributed by atoms with Crippen molar-refractivity contribution in [3.8, 4) is 0 Å². The largest absolute Gasteiger partial charge is 0.372 e. The Hall–Kier alpha value is -3.36. The van der Waals surface area contributed by atoms with Crippen LogP contribution in [0.1, 0.15) is 37.7 Å². The van der Waals surface area contributed by atoms with Crippen molar-refractivity contribution >= 4 is 22.8 Å². The summed E-state index contributed by atoms with van der Waals surface area (Å²) >= 11 is 0. The van der Waals surface area contributed by atoms with Gasteiger partial charge in [-0.2, -0.15) is 0 Å². The fraction of sp³-hybridized carbons (Fsp3) is 0.478. The molecule has 2 heterocycles. The number of anilines is 1. The molecule has 1 aromatic carbocycles. The highest BCUT2D eigenvalue weighted by atomic mass is 16.2. The van der Waals surface area contributed by atoms with Gasteiger partial charge in [-0.05, 0) is 30.5 Å². The zero-order valence-electron chi connectivity index (χ0n) is 18.9. The van der Waals surface area contributed by atoms with Gasteiger partial charge in [0.2, 0.25) is 5.91 Å². The Balaban J connectivity index is 1.41. The van der Waals surface area contributed by atoms with E-state index in [1.807, 2.05) is 12.1 Å². The highest BCUT2D eigenvalue weighted by molar-refractivity contribution is 5.76. The highest BCUT2D eigenvalue weighted by Crippen LogP contribution is 2.26. The number of fused-ring (bicyclic) bond motifs is 1. The van der Waals surface area contributed by atoms with E-state index in [-0.39, 0.29) is 12.1 Å². The van der Waals surface area contributed by atoms with Gasteiger partial charge in [0, 0.05) is 39.4 Å². The summed E-state index contributed by atoms with van der Waals surface area (Å²) in [4.78, 5) is 44.2. The van der Waals surface area contributed by atoms with Gasteiger partial charge in [0.05, 0.1) is 6.33 Å². The fourth-order valence-corrected chi connectivity index (χ4v) is 4.46. The minimum atomic E-state index is -0.563. The molecule has 0 radical (unpaired) electrons. The second-order valence-corrected chi connectivity index (χ2v) is 8.61. The Morgan fingerprint density at radius 1 is 1.12 bits per heavy atom. The van der Waals surface area contributed by atoms with Crippen LogP contribution < -0.4 is 21.5 Å². The molecule has 32 heavy (non-hydrogen) atoms. The van der Waals surface area contributed by atoms with E-state index < -0.39 is 17.2 Å². The molecule has 1 saturated carbocycles. The summed E-state index contributed by atoms with van der Waals surface area (Å²) < 4.78 is 3.78. The second kappa shape index (κ2) is 9.02. The Bertz CT molecular complexity index is 1230. The number of amides is 1. The van der Waals surface area contributed by atoms with Gasteiger partial charge < -0.3 is 14.8 Å². The van der Waals surface area contributed by atoms with Crippen LogP contribution in [0.5, 0.6) is 0 Å². The number of imidazole rings is 1. The lowest BCUT2D eigenvalue weighted by Crippen LogP contribution is -2.43. The van der Waals surface area contributed by atoms with Crippen molar-refractivity contribution < 1.29 is 4.79 Å². The van der Waals surface area contributed by atoms with E-state index in [0.717, 1.165) is 10.1 Å². The predicted octanol–water partition coefficient (Wildman–Crippen LogP) is 1.52. The first-order chi connectivity index (χ1) is 15.4. The lowest BCUT2D eigenvalue weighted by atomic mass is 9.94. The van der Waals surface area contributed by atoms with Gasteiger partial charge in [-0.1, -0.05) is 31.4 Å². The number of nitrogens with zero attached hydrogens (tertiary/aromatic N) is 5. The molecule has 170 valence electrons. The summed E-state index contributed by atoms with van der Waals surface area (Å²) in [6.45, 7) is -0.00952. The number of carbonyl (C=O) groups excluding carboxylic acids is 1. The molecule has 0 spiro atoms. The quantitative estimate of drug-likeness (QED) is 0.630. The van der Waals surface area contributed by atoms with Crippen molar-refractivity contribution in [1.82, 2.24) is 24.0 Å². The van der Waals surface area contributed by atoms with Crippen LogP contribution in [0.15, 0.2) is 40.2 Å². The molecule has 0 unspecified atom stereocenters. The fourth-order valence-electron chi connectivity index (χ4n) is 4.46. The van der Waals surface area contributed by atoms with E-state index in [2.05, 4.69) is 34.4 Å². The smallest absolute Gasteiger partial charge is 0.332 e. The van der Waals surface area contributed by atoms with Crippen LogP contribution in [-0.2, 0) is 32.0 Å². The Morgan fingerprint density at radius 2 is 1.81 bits per heavy atom. The molecule has 2 aromatic heterocycles. The minimum absolute atomic E-state index is 0.289. The van der Waals surface area contributed by atoms with Crippen LogP contribution in [0, 0.1) is 0 Å². The van der Waals surface area contributed by atoms with Crippen LogP contribution >= 0.6 is 0 Å². The van der Waals surface area contributed by atoms with Crippen molar-refractivity contribution in [2.45, 2.75) is 51.2 Å². The van der Waals surface area contributed by atoms with Gasteiger partial charge >= 0.3 is 5.69 Å². The topological polar surface area (TPSA) is 94.2 Å². The van der Waals surface area contributed by atoms with E-state index in [0.29, 0.717) is 18.2 Å². The Labute approximate surface area is 186 Å². The average Bonchev–Trinajstić information content (AvgIpc) is 3.21. The van der Waals surface area contributed by atoms with Gasteiger partial charge in [0.1, 0.15) is 6.54 Å². The van der Waals surface area contributed by atoms with Gasteiger partial charge in [-0.3, -0.25) is 14.2 Å². The number of benzene rings is 1. The number of rotatable bonds is 6. The minimum Gasteiger partial charge on any atom is -0.372 e. The molecule has 1 amide bonds. The van der Waals surface area contributed by atoms with Gasteiger partial charge in [0.25, 0.3) is 5.56 Å². The molecule has 9 heteroatoms. The molecule has 0 saturated heterocycles. The SMILES string of the molecule is CN(c1ccc(CNC(=O)Cn2c(=O)c3c(ncn3C)n(C)c2=O)cc1)C1CCCCC1. The third-order valence-corrected chi connectivity index (χ3v) is 6.46. The third-order valence-electron chi connectivity index (χ3n) is 6.46. The van der Waals surface area contributed by atoms with Crippen molar-refractivity contribution in [3.05, 3.63) is 57.0 Å². The molecule has 0 bridgehead atoms. The lowest BCUT2D eigenvalue weighted by molar-refractivity contribution is -0.121. The van der Waals surface area contributed by atoms with Crippen LogP contribution in [0.2, 0.25) is 0 Å². The maximum absolute atomic E-state index is 12.7. The number of carbonyl (C=O) groups is 1. The number of aromatic nitrogens is 4. The first-order valence-electron chi connectivity index (χ1n) is 11.1. The third kappa shape index (κ3) is 4.19. The zero-order chi connectivity index (χ0) is 22.8. The summed E-state index contributed by atoms with van der Waals surface area (Å²) in [6, 6.07) is 8.75. The van der Waals surface area contributed by atoms with E-state index in [4.69, 9.17) is 0 Å². The molecule has 1 aliphatic rings. The lowest BCUT2D eigenvalue weighted by Gasteiger charge is -2.33. The average molecular weight is 439 g/mol. The molecular formula is C23H30N6O3. The van der Waals surface area contributed by atoms with Crippen LogP contribution in [0.25, 0.3) is 11.2 Å². The highest BCUT2D eigenvalue weighted by Gasteiger charge is 2.19. The molecular weight excluding hydrogens is 408 g/mol. The molecule has 0 atom stereocenters. The first-order valence-corrected chi connectivity index (χ1v) is 11.1. The number of aryl methyl sites for hydroxylation is 2. The summed E-state index contributed by atoms with van der Waals surface area (Å²) in [5, 5.41) is 2.81. The number of hydrogen-bond acceptors (Lipinski definition) is 5. The van der Waals surface area contributed by atoms with Crippen LogP contribution in [0.3, 0.4) is 0 Å². The molecule has 9 nitrogen and oxygen atoms in total. The van der Waals surface area contributed by atoms with Crippen LogP contribution in [-0.4, -0.2) is 37.7 Å². The maximum atomic E-state index is 12.7. The van der Waals surface area contributed by atoms with Crippen molar-refractivity contribution in [2.75, 3.05) is 11.9 Å². The molecule has 1 N–H and O–H groups in total. The molecule has 1 fully saturated rings. The maximum Gasteiger partial charge on any atom is 0.332 e. The molecule has 4 rings (SSSR count). The van der Waals surface area contributed by atoms with Crippen molar-refractivity contribution in [1.29, 1.82) is 0 Å². The number of hydrogen-bond donors (Lipinski definition) is 1. The Kier molecular flexibility index (Phi) is 6.16. The monoisotopic (exact) mass is 438 g/mol. The summed E-state index contributed by atoms with van der Waals surface area (Å²) in [5.41, 5.74) is 1.64. The molecule has 0 aliphatic heterocycles. The van der Waals surface area contributed by atoms with Gasteiger partial charge in [-0.15, -0.1) is 0 Å². The van der Waals surface area contributed by atoms with Gasteiger partial charge in [-0.25, -0.2) is 14.3 Å². The molecule has 3 aromatic rings. The summed E-state index contributed by atoms with van der Waals surface area (Å²) in [6.07, 6.45) is 7.86. The molecule has 1 aliphatic carbocycles. The van der Waals surface area contributed by atoms with E-state index >= 15 is 0 Å². The van der Waals surface area contributed by atoms with Crippen molar-refractivity contribution in [2.24, 2.45) is 14.1 Å². The predicted molar refractivity (Wildman–Crippen MR) is 124 cm³/mol. The zero-order valence-corrected chi connectivity index (χ0v) is 18.9. The number of nitrogens with one attached hydrogen (secondary N) is 1. The standard InChI is InChI=1S/C23H30N6O3/c1-26-15-25-21-20(26)22(31)29(23(32)28(21)3)14-19(30)24-13-16-9-11-18(12-10-16)27(2)17-7-5-4-6-8-17/h9-12,15,17H,4-8,13-14H2,1-3H3,(H,24,30). The summed E-state index contributed by atoms with van der Waals surface area (Å²) in [5.74, 6) is -0.394. The van der Waals surface area contributed by atoms with E-state index in [1.54, 1.807) is 11.6 Å². The second-order valence-electron chi connectivity index (χ2n) is 8.61. The van der Waals surface area contributed by atoms with E-state index in [1.165, 1.54) is 55.7 Å². The van der Waals surface area contributed by atoms with E-state index in [9.17, 15) is 14.4 Å². The van der Waals surface area contributed by atoms with Gasteiger partial charge in [0.15, 0.2) is 11.2 Å².